The molecule has 1 rings (SSSR count). The van der Waals surface area contributed by atoms with Gasteiger partial charge in [-0.3, -0.25) is 0 Å². The van der Waals surface area contributed by atoms with E-state index in [1.54, 1.807) is 7.11 Å². The van der Waals surface area contributed by atoms with E-state index in [1.807, 2.05) is 32.0 Å². The summed E-state index contributed by atoms with van der Waals surface area (Å²) in [5.74, 6) is 1.56. The third-order valence-electron chi connectivity index (χ3n) is 2.09. The highest BCUT2D eigenvalue weighted by Gasteiger charge is 2.06. The topological polar surface area (TPSA) is 44.5 Å². The van der Waals surface area contributed by atoms with E-state index in [0.717, 1.165) is 17.9 Å². The van der Waals surface area contributed by atoms with Gasteiger partial charge in [-0.15, -0.1) is 0 Å². The lowest BCUT2D eigenvalue weighted by atomic mass is 10.1. The first-order valence-electron chi connectivity index (χ1n) is 5.22. The second-order valence-corrected chi connectivity index (χ2v) is 3.60. The van der Waals surface area contributed by atoms with Gasteiger partial charge in [0.2, 0.25) is 0 Å². The third-order valence-corrected chi connectivity index (χ3v) is 2.09. The van der Waals surface area contributed by atoms with Crippen LogP contribution in [0.1, 0.15) is 19.4 Å². The van der Waals surface area contributed by atoms with Crippen molar-refractivity contribution in [3.8, 4) is 11.5 Å². The summed E-state index contributed by atoms with van der Waals surface area (Å²) in [6.07, 6.45) is 0.850. The lowest BCUT2D eigenvalue weighted by molar-refractivity contribution is 0.310. The number of hydrogen-bond acceptors (Lipinski definition) is 3. The molecule has 1 aromatic carbocycles. The van der Waals surface area contributed by atoms with Crippen LogP contribution in [0.3, 0.4) is 0 Å². The Kier molecular flexibility index (Phi) is 4.43. The molecule has 0 spiro atoms. The molecule has 2 N–H and O–H groups in total. The molecule has 15 heavy (non-hydrogen) atoms. The van der Waals surface area contributed by atoms with Gasteiger partial charge in [0, 0.05) is 6.04 Å². The van der Waals surface area contributed by atoms with E-state index < -0.39 is 0 Å². The fourth-order valence-corrected chi connectivity index (χ4v) is 1.49. The Morgan fingerprint density at radius 3 is 2.60 bits per heavy atom. The first kappa shape index (κ1) is 11.9. The molecule has 0 aromatic heterocycles. The van der Waals surface area contributed by atoms with Gasteiger partial charge in [0.1, 0.15) is 0 Å². The average molecular weight is 209 g/mol. The van der Waals surface area contributed by atoms with Crippen LogP contribution in [0.5, 0.6) is 11.5 Å². The third kappa shape index (κ3) is 3.44. The summed E-state index contributed by atoms with van der Waals surface area (Å²) in [5.41, 5.74) is 6.91. The Bertz CT molecular complexity index is 310. The number of methoxy groups -OCH3 is 1. The van der Waals surface area contributed by atoms with Crippen molar-refractivity contribution in [2.45, 2.75) is 26.3 Å². The quantitative estimate of drug-likeness (QED) is 0.806. The zero-order valence-electron chi connectivity index (χ0n) is 9.62. The molecular formula is C12H19NO2. The Balaban J connectivity index is 2.86. The zero-order valence-corrected chi connectivity index (χ0v) is 9.62. The van der Waals surface area contributed by atoms with Crippen LogP contribution in [-0.2, 0) is 6.42 Å². The van der Waals surface area contributed by atoms with Crippen LogP contribution in [-0.4, -0.2) is 19.8 Å². The maximum Gasteiger partial charge on any atom is 0.161 e. The molecule has 0 aliphatic rings. The summed E-state index contributed by atoms with van der Waals surface area (Å²) >= 11 is 0. The zero-order chi connectivity index (χ0) is 11.3. The van der Waals surface area contributed by atoms with Crippen molar-refractivity contribution in [1.82, 2.24) is 0 Å². The van der Waals surface area contributed by atoms with Crippen molar-refractivity contribution in [3.63, 3.8) is 0 Å². The summed E-state index contributed by atoms with van der Waals surface area (Å²) in [4.78, 5) is 0. The SMILES string of the molecule is CCOc1ccc(C[C@@H](C)N)cc1OC. The molecule has 3 nitrogen and oxygen atoms in total. The Labute approximate surface area is 91.2 Å². The van der Waals surface area contributed by atoms with Crippen molar-refractivity contribution in [2.24, 2.45) is 5.73 Å². The molecule has 0 radical (unpaired) electrons. The molecule has 0 bridgehead atoms. The highest BCUT2D eigenvalue weighted by molar-refractivity contribution is 5.43. The number of ether oxygens (including phenoxy) is 2. The molecule has 0 saturated carbocycles. The molecule has 1 aromatic rings. The minimum Gasteiger partial charge on any atom is -0.493 e. The minimum atomic E-state index is 0.160. The summed E-state index contributed by atoms with van der Waals surface area (Å²) in [7, 11) is 1.65. The Morgan fingerprint density at radius 2 is 2.07 bits per heavy atom. The standard InChI is InChI=1S/C12H19NO2/c1-4-15-11-6-5-10(7-9(2)13)8-12(11)14-3/h5-6,8-9H,4,7,13H2,1-3H3/t9-/m1/s1. The summed E-state index contributed by atoms with van der Waals surface area (Å²) in [6.45, 7) is 4.58. The van der Waals surface area contributed by atoms with Crippen LogP contribution >= 0.6 is 0 Å². The summed E-state index contributed by atoms with van der Waals surface area (Å²) in [5, 5.41) is 0. The van der Waals surface area contributed by atoms with Crippen molar-refractivity contribution in [3.05, 3.63) is 23.8 Å². The first-order chi connectivity index (χ1) is 7.17. The lowest BCUT2D eigenvalue weighted by Crippen LogP contribution is -2.17. The molecule has 1 atom stereocenters. The minimum absolute atomic E-state index is 0.160. The highest BCUT2D eigenvalue weighted by atomic mass is 16.5. The molecule has 0 heterocycles. The number of benzene rings is 1. The summed E-state index contributed by atoms with van der Waals surface area (Å²) in [6, 6.07) is 6.10. The largest absolute Gasteiger partial charge is 0.493 e. The number of rotatable bonds is 5. The number of hydrogen-bond donors (Lipinski definition) is 1. The Morgan fingerprint density at radius 1 is 1.33 bits per heavy atom. The monoisotopic (exact) mass is 209 g/mol. The van der Waals surface area contributed by atoms with Crippen molar-refractivity contribution in [1.29, 1.82) is 0 Å². The predicted octanol–water partition coefficient (Wildman–Crippen LogP) is 1.98. The van der Waals surface area contributed by atoms with Gasteiger partial charge in [-0.1, -0.05) is 6.07 Å². The van der Waals surface area contributed by atoms with Gasteiger partial charge < -0.3 is 15.2 Å². The lowest BCUT2D eigenvalue weighted by Gasteiger charge is -2.11. The maximum absolute atomic E-state index is 5.74. The molecule has 0 aliphatic heterocycles. The molecule has 84 valence electrons. The average Bonchev–Trinajstić information content (AvgIpc) is 2.20. The second-order valence-electron chi connectivity index (χ2n) is 3.60. The Hall–Kier alpha value is -1.22. The van der Waals surface area contributed by atoms with Gasteiger partial charge in [0.25, 0.3) is 0 Å². The fraction of sp³-hybridized carbons (Fsp3) is 0.500. The fourth-order valence-electron chi connectivity index (χ4n) is 1.49. The molecule has 0 aliphatic carbocycles. The van der Waals surface area contributed by atoms with Gasteiger partial charge in [0.15, 0.2) is 11.5 Å². The van der Waals surface area contributed by atoms with Crippen LogP contribution in [0.2, 0.25) is 0 Å². The van der Waals surface area contributed by atoms with Crippen LogP contribution in [0.4, 0.5) is 0 Å². The van der Waals surface area contributed by atoms with Crippen LogP contribution in [0.15, 0.2) is 18.2 Å². The van der Waals surface area contributed by atoms with E-state index in [1.165, 1.54) is 5.56 Å². The molecule has 0 saturated heterocycles. The smallest absolute Gasteiger partial charge is 0.161 e. The number of nitrogens with two attached hydrogens (primary N) is 1. The van der Waals surface area contributed by atoms with Crippen LogP contribution < -0.4 is 15.2 Å². The molecular weight excluding hydrogens is 190 g/mol. The molecule has 0 fully saturated rings. The molecule has 3 heteroatoms. The maximum atomic E-state index is 5.74. The summed E-state index contributed by atoms with van der Waals surface area (Å²) < 4.78 is 10.7. The highest BCUT2D eigenvalue weighted by Crippen LogP contribution is 2.28. The normalized spacial score (nSPS) is 12.3. The van der Waals surface area contributed by atoms with Crippen molar-refractivity contribution >= 4 is 0 Å². The van der Waals surface area contributed by atoms with E-state index in [4.69, 9.17) is 15.2 Å². The second kappa shape index (κ2) is 5.61. The van der Waals surface area contributed by atoms with Gasteiger partial charge in [-0.05, 0) is 38.0 Å². The van der Waals surface area contributed by atoms with E-state index >= 15 is 0 Å². The van der Waals surface area contributed by atoms with E-state index in [2.05, 4.69) is 0 Å². The van der Waals surface area contributed by atoms with Gasteiger partial charge in [-0.2, -0.15) is 0 Å². The molecule has 0 unspecified atom stereocenters. The van der Waals surface area contributed by atoms with Crippen molar-refractivity contribution in [2.75, 3.05) is 13.7 Å². The van der Waals surface area contributed by atoms with Gasteiger partial charge >= 0.3 is 0 Å². The van der Waals surface area contributed by atoms with Gasteiger partial charge in [0.05, 0.1) is 13.7 Å². The van der Waals surface area contributed by atoms with E-state index in [-0.39, 0.29) is 6.04 Å². The van der Waals surface area contributed by atoms with Crippen LogP contribution in [0.25, 0.3) is 0 Å². The first-order valence-corrected chi connectivity index (χ1v) is 5.22. The van der Waals surface area contributed by atoms with Crippen LogP contribution in [0, 0.1) is 0 Å². The van der Waals surface area contributed by atoms with E-state index in [0.29, 0.717) is 6.61 Å². The van der Waals surface area contributed by atoms with E-state index in [9.17, 15) is 0 Å². The van der Waals surface area contributed by atoms with Crippen molar-refractivity contribution < 1.29 is 9.47 Å². The molecule has 0 amide bonds. The predicted molar refractivity (Wildman–Crippen MR) is 61.5 cm³/mol. The van der Waals surface area contributed by atoms with Gasteiger partial charge in [-0.25, -0.2) is 0 Å².